The molecule has 0 aliphatic heterocycles. The zero-order valence-electron chi connectivity index (χ0n) is 13.3. The highest BCUT2D eigenvalue weighted by Gasteiger charge is 2.30. The molecule has 0 radical (unpaired) electrons. The predicted octanol–water partition coefficient (Wildman–Crippen LogP) is 4.12. The van der Waals surface area contributed by atoms with Crippen molar-refractivity contribution >= 4 is 0 Å². The van der Waals surface area contributed by atoms with Crippen molar-refractivity contribution in [3.05, 3.63) is 28.8 Å². The highest BCUT2D eigenvalue weighted by atomic mass is 16.3. The van der Waals surface area contributed by atoms with Gasteiger partial charge in [0, 0.05) is 11.1 Å². The first kappa shape index (κ1) is 16.0. The number of rotatable bonds is 3. The van der Waals surface area contributed by atoms with Gasteiger partial charge in [0.25, 0.3) is 0 Å². The molecule has 0 aliphatic rings. The third-order valence-corrected chi connectivity index (χ3v) is 4.36. The van der Waals surface area contributed by atoms with Crippen LogP contribution in [-0.4, -0.2) is 10.2 Å². The van der Waals surface area contributed by atoms with Crippen molar-refractivity contribution in [3.63, 3.8) is 0 Å². The van der Waals surface area contributed by atoms with Gasteiger partial charge in [-0.1, -0.05) is 54.5 Å². The van der Waals surface area contributed by atoms with Crippen molar-refractivity contribution in [1.29, 1.82) is 0 Å². The Morgan fingerprint density at radius 3 is 1.95 bits per heavy atom. The first-order valence-corrected chi connectivity index (χ1v) is 6.99. The van der Waals surface area contributed by atoms with Crippen LogP contribution in [0.3, 0.4) is 0 Å². The molecule has 108 valence electrons. The highest BCUT2D eigenvalue weighted by molar-refractivity contribution is 5.48. The Balaban J connectivity index is 3.55. The standard InChI is InChI=1S/C17H28O2/c1-11(2)17(6,7)14-9-13(16(3,4)5)8-12(10-18)15(14)19/h8-9,11,18-19H,10H2,1-7H3. The van der Waals surface area contributed by atoms with E-state index >= 15 is 0 Å². The van der Waals surface area contributed by atoms with Crippen molar-refractivity contribution < 1.29 is 10.2 Å². The lowest BCUT2D eigenvalue weighted by molar-refractivity contribution is 0.272. The van der Waals surface area contributed by atoms with Gasteiger partial charge in [-0.05, 0) is 28.4 Å². The maximum Gasteiger partial charge on any atom is 0.124 e. The smallest absolute Gasteiger partial charge is 0.124 e. The fraction of sp³-hybridized carbons (Fsp3) is 0.647. The Hall–Kier alpha value is -1.02. The maximum atomic E-state index is 10.4. The average Bonchev–Trinajstić information content (AvgIpc) is 2.27. The van der Waals surface area contributed by atoms with E-state index < -0.39 is 0 Å². The Morgan fingerprint density at radius 1 is 1.05 bits per heavy atom. The summed E-state index contributed by atoms with van der Waals surface area (Å²) in [6.45, 7) is 14.9. The van der Waals surface area contributed by atoms with Gasteiger partial charge >= 0.3 is 0 Å². The fourth-order valence-corrected chi connectivity index (χ4v) is 2.05. The zero-order chi connectivity index (χ0) is 15.0. The molecule has 0 bridgehead atoms. The van der Waals surface area contributed by atoms with Gasteiger partial charge in [-0.15, -0.1) is 0 Å². The largest absolute Gasteiger partial charge is 0.507 e. The molecule has 0 atom stereocenters. The summed E-state index contributed by atoms with van der Waals surface area (Å²) in [7, 11) is 0. The van der Waals surface area contributed by atoms with Gasteiger partial charge in [0.2, 0.25) is 0 Å². The quantitative estimate of drug-likeness (QED) is 0.862. The van der Waals surface area contributed by atoms with Gasteiger partial charge in [-0.25, -0.2) is 0 Å². The molecular weight excluding hydrogens is 236 g/mol. The second-order valence-electron chi connectivity index (χ2n) is 7.32. The number of aliphatic hydroxyl groups is 1. The van der Waals surface area contributed by atoms with Crippen molar-refractivity contribution in [2.45, 2.75) is 65.9 Å². The summed E-state index contributed by atoms with van der Waals surface area (Å²) in [5.74, 6) is 0.648. The molecule has 19 heavy (non-hydrogen) atoms. The molecule has 0 aromatic heterocycles. The number of aliphatic hydroxyl groups excluding tert-OH is 1. The number of benzene rings is 1. The third-order valence-electron chi connectivity index (χ3n) is 4.36. The van der Waals surface area contributed by atoms with Crippen LogP contribution in [0.2, 0.25) is 0 Å². The van der Waals surface area contributed by atoms with Crippen molar-refractivity contribution in [1.82, 2.24) is 0 Å². The lowest BCUT2D eigenvalue weighted by Gasteiger charge is -2.33. The number of phenols is 1. The van der Waals surface area contributed by atoms with Crippen LogP contribution in [0.5, 0.6) is 5.75 Å². The van der Waals surface area contributed by atoms with Crippen molar-refractivity contribution in [2.75, 3.05) is 0 Å². The molecule has 1 aromatic carbocycles. The zero-order valence-corrected chi connectivity index (χ0v) is 13.3. The topological polar surface area (TPSA) is 40.5 Å². The van der Waals surface area contributed by atoms with Gasteiger partial charge in [0.15, 0.2) is 0 Å². The minimum absolute atomic E-state index is 0.000566. The molecule has 0 saturated heterocycles. The van der Waals surface area contributed by atoms with E-state index in [1.54, 1.807) is 0 Å². The second kappa shape index (κ2) is 5.16. The number of aromatic hydroxyl groups is 1. The van der Waals surface area contributed by atoms with E-state index in [4.69, 9.17) is 0 Å². The van der Waals surface area contributed by atoms with Crippen LogP contribution in [0.4, 0.5) is 0 Å². The molecule has 0 heterocycles. The molecule has 0 fully saturated rings. The van der Waals surface area contributed by atoms with Crippen LogP contribution < -0.4 is 0 Å². The van der Waals surface area contributed by atoms with E-state index in [0.717, 1.165) is 11.1 Å². The van der Waals surface area contributed by atoms with Crippen LogP contribution in [0.25, 0.3) is 0 Å². The fourth-order valence-electron chi connectivity index (χ4n) is 2.05. The first-order valence-electron chi connectivity index (χ1n) is 6.99. The molecule has 1 rings (SSSR count). The highest BCUT2D eigenvalue weighted by Crippen LogP contribution is 2.41. The Labute approximate surface area is 117 Å². The molecule has 0 saturated carbocycles. The summed E-state index contributed by atoms with van der Waals surface area (Å²) >= 11 is 0. The number of hydrogen-bond acceptors (Lipinski definition) is 2. The minimum Gasteiger partial charge on any atom is -0.507 e. The van der Waals surface area contributed by atoms with Gasteiger partial charge in [0.1, 0.15) is 5.75 Å². The molecule has 0 spiro atoms. The Bertz CT molecular complexity index is 451. The van der Waals surface area contributed by atoms with E-state index in [2.05, 4.69) is 54.5 Å². The average molecular weight is 264 g/mol. The van der Waals surface area contributed by atoms with Crippen molar-refractivity contribution in [3.8, 4) is 5.75 Å². The van der Waals surface area contributed by atoms with Gasteiger partial charge in [-0.3, -0.25) is 0 Å². The molecule has 1 aromatic rings. The molecule has 2 heteroatoms. The van der Waals surface area contributed by atoms with E-state index in [1.165, 1.54) is 0 Å². The lowest BCUT2D eigenvalue weighted by Crippen LogP contribution is -2.26. The van der Waals surface area contributed by atoms with E-state index in [1.807, 2.05) is 6.07 Å². The molecule has 2 N–H and O–H groups in total. The minimum atomic E-state index is -0.130. The van der Waals surface area contributed by atoms with Crippen LogP contribution in [0.15, 0.2) is 12.1 Å². The van der Waals surface area contributed by atoms with E-state index in [0.29, 0.717) is 11.5 Å². The van der Waals surface area contributed by atoms with Gasteiger partial charge < -0.3 is 10.2 Å². The van der Waals surface area contributed by atoms with E-state index in [9.17, 15) is 10.2 Å². The van der Waals surface area contributed by atoms with Crippen LogP contribution in [0, 0.1) is 5.92 Å². The lowest BCUT2D eigenvalue weighted by atomic mass is 9.72. The summed E-state index contributed by atoms with van der Waals surface area (Å²) in [5.41, 5.74) is 2.57. The summed E-state index contributed by atoms with van der Waals surface area (Å²) in [5, 5.41) is 19.9. The molecule has 2 nitrogen and oxygen atoms in total. The van der Waals surface area contributed by atoms with Gasteiger partial charge in [0.05, 0.1) is 6.61 Å². The normalized spacial score (nSPS) is 13.1. The predicted molar refractivity (Wildman–Crippen MR) is 80.6 cm³/mol. The Morgan fingerprint density at radius 2 is 1.58 bits per heavy atom. The van der Waals surface area contributed by atoms with Gasteiger partial charge in [-0.2, -0.15) is 0 Å². The van der Waals surface area contributed by atoms with Crippen LogP contribution >= 0.6 is 0 Å². The first-order chi connectivity index (χ1) is 8.51. The molecule has 0 amide bonds. The summed E-state index contributed by atoms with van der Waals surface area (Å²) < 4.78 is 0. The number of hydrogen-bond donors (Lipinski definition) is 2. The summed E-state index contributed by atoms with van der Waals surface area (Å²) in [6, 6.07) is 4.00. The Kier molecular flexibility index (Phi) is 4.36. The maximum absolute atomic E-state index is 10.4. The monoisotopic (exact) mass is 264 g/mol. The second-order valence-corrected chi connectivity index (χ2v) is 7.32. The SMILES string of the molecule is CC(C)C(C)(C)c1cc(C(C)(C)C)cc(CO)c1O. The molecule has 0 aliphatic carbocycles. The summed E-state index contributed by atoms with van der Waals surface area (Å²) in [4.78, 5) is 0. The summed E-state index contributed by atoms with van der Waals surface area (Å²) in [6.07, 6.45) is 0. The van der Waals surface area contributed by atoms with Crippen molar-refractivity contribution in [2.24, 2.45) is 5.92 Å². The van der Waals surface area contributed by atoms with E-state index in [-0.39, 0.29) is 23.2 Å². The molecule has 0 unspecified atom stereocenters. The van der Waals surface area contributed by atoms with Crippen LogP contribution in [-0.2, 0) is 17.4 Å². The van der Waals surface area contributed by atoms with Crippen LogP contribution in [0.1, 0.15) is 65.2 Å². The third kappa shape index (κ3) is 3.11. The molecular formula is C17H28O2.